The number of thioether (sulfide) groups is 1. The Kier molecular flexibility index (Phi) is 4.44. The van der Waals surface area contributed by atoms with Crippen molar-refractivity contribution in [3.8, 4) is 0 Å². The normalized spacial score (nSPS) is 32.2. The fourth-order valence-electron chi connectivity index (χ4n) is 1.85. The van der Waals surface area contributed by atoms with Gasteiger partial charge in [0.25, 0.3) is 0 Å². The molecule has 1 rings (SSSR count). The van der Waals surface area contributed by atoms with E-state index in [1.807, 2.05) is 0 Å². The van der Waals surface area contributed by atoms with E-state index in [0.29, 0.717) is 6.04 Å². The van der Waals surface area contributed by atoms with Gasteiger partial charge in [-0.1, -0.05) is 20.3 Å². The van der Waals surface area contributed by atoms with E-state index in [9.17, 15) is 0 Å². The fraction of sp³-hybridized carbons (Fsp3) is 1.00. The van der Waals surface area contributed by atoms with Crippen molar-refractivity contribution in [2.75, 3.05) is 5.75 Å². The first-order valence-electron chi connectivity index (χ1n) is 5.10. The molecule has 0 amide bonds. The highest BCUT2D eigenvalue weighted by Gasteiger charge is 2.22. The largest absolute Gasteiger partial charge is 0.311 e. The minimum atomic E-state index is 0.714. The van der Waals surface area contributed by atoms with Gasteiger partial charge in [0.15, 0.2) is 0 Å². The SMILES string of the molecule is CCCC(C)NC1CSC(C)C1. The molecule has 0 radical (unpaired) electrons. The van der Waals surface area contributed by atoms with Crippen molar-refractivity contribution in [2.45, 2.75) is 57.4 Å². The Balaban J connectivity index is 2.14. The smallest absolute Gasteiger partial charge is 0.0171 e. The summed E-state index contributed by atoms with van der Waals surface area (Å²) in [5.41, 5.74) is 0. The van der Waals surface area contributed by atoms with Gasteiger partial charge < -0.3 is 5.32 Å². The first kappa shape index (κ1) is 10.4. The van der Waals surface area contributed by atoms with Crippen LogP contribution in [0.5, 0.6) is 0 Å². The average Bonchev–Trinajstić information content (AvgIpc) is 2.36. The summed E-state index contributed by atoms with van der Waals surface area (Å²) < 4.78 is 0. The molecule has 3 unspecified atom stereocenters. The topological polar surface area (TPSA) is 12.0 Å². The first-order chi connectivity index (χ1) is 5.72. The quantitative estimate of drug-likeness (QED) is 0.726. The summed E-state index contributed by atoms with van der Waals surface area (Å²) in [6, 6.07) is 1.50. The van der Waals surface area contributed by atoms with Gasteiger partial charge in [-0.2, -0.15) is 11.8 Å². The summed E-state index contributed by atoms with van der Waals surface area (Å²) in [5, 5.41) is 4.56. The molecule has 2 heteroatoms. The molecule has 0 aromatic rings. The third-order valence-electron chi connectivity index (χ3n) is 2.44. The van der Waals surface area contributed by atoms with Crippen molar-refractivity contribution >= 4 is 11.8 Å². The Morgan fingerprint density at radius 3 is 2.83 bits per heavy atom. The van der Waals surface area contributed by atoms with Crippen molar-refractivity contribution in [1.29, 1.82) is 0 Å². The van der Waals surface area contributed by atoms with E-state index in [1.54, 1.807) is 0 Å². The molecule has 0 aliphatic carbocycles. The lowest BCUT2D eigenvalue weighted by atomic mass is 10.1. The van der Waals surface area contributed by atoms with E-state index in [-0.39, 0.29) is 0 Å². The van der Waals surface area contributed by atoms with Crippen LogP contribution in [0.25, 0.3) is 0 Å². The Morgan fingerprint density at radius 1 is 1.58 bits per heavy atom. The molecule has 1 fully saturated rings. The summed E-state index contributed by atoms with van der Waals surface area (Å²) in [6.07, 6.45) is 3.97. The molecule has 72 valence electrons. The summed E-state index contributed by atoms with van der Waals surface area (Å²) in [6.45, 7) is 6.89. The maximum Gasteiger partial charge on any atom is 0.0171 e. The summed E-state index contributed by atoms with van der Waals surface area (Å²) in [4.78, 5) is 0. The van der Waals surface area contributed by atoms with Gasteiger partial charge in [0.05, 0.1) is 0 Å². The highest BCUT2D eigenvalue weighted by Crippen LogP contribution is 2.26. The zero-order chi connectivity index (χ0) is 8.97. The van der Waals surface area contributed by atoms with Gasteiger partial charge in [-0.15, -0.1) is 0 Å². The molecule has 1 heterocycles. The van der Waals surface area contributed by atoms with E-state index in [2.05, 4.69) is 37.8 Å². The van der Waals surface area contributed by atoms with E-state index < -0.39 is 0 Å². The fourth-order valence-corrected chi connectivity index (χ4v) is 3.01. The van der Waals surface area contributed by atoms with Gasteiger partial charge >= 0.3 is 0 Å². The third-order valence-corrected chi connectivity index (χ3v) is 3.80. The van der Waals surface area contributed by atoms with Crippen LogP contribution >= 0.6 is 11.8 Å². The average molecular weight is 187 g/mol. The molecule has 0 spiro atoms. The second-order valence-electron chi connectivity index (χ2n) is 3.93. The Hall–Kier alpha value is 0.310. The zero-order valence-electron chi connectivity index (χ0n) is 8.47. The maximum absolute atomic E-state index is 3.69. The van der Waals surface area contributed by atoms with Crippen LogP contribution in [-0.4, -0.2) is 23.1 Å². The molecule has 1 nitrogen and oxygen atoms in total. The number of hydrogen-bond donors (Lipinski definition) is 1. The number of hydrogen-bond acceptors (Lipinski definition) is 2. The van der Waals surface area contributed by atoms with Gasteiger partial charge in [0.1, 0.15) is 0 Å². The van der Waals surface area contributed by atoms with Crippen molar-refractivity contribution in [3.05, 3.63) is 0 Å². The summed E-state index contributed by atoms with van der Waals surface area (Å²) in [7, 11) is 0. The molecule has 1 N–H and O–H groups in total. The minimum absolute atomic E-state index is 0.714. The van der Waals surface area contributed by atoms with Gasteiger partial charge in [-0.25, -0.2) is 0 Å². The van der Waals surface area contributed by atoms with Crippen molar-refractivity contribution in [1.82, 2.24) is 5.32 Å². The van der Waals surface area contributed by atoms with Crippen molar-refractivity contribution in [2.24, 2.45) is 0 Å². The number of rotatable bonds is 4. The molecule has 0 aromatic carbocycles. The van der Waals surface area contributed by atoms with E-state index >= 15 is 0 Å². The maximum atomic E-state index is 3.69. The summed E-state index contributed by atoms with van der Waals surface area (Å²) >= 11 is 2.10. The van der Waals surface area contributed by atoms with E-state index in [4.69, 9.17) is 0 Å². The highest BCUT2D eigenvalue weighted by atomic mass is 32.2. The predicted octanol–water partition coefficient (Wildman–Crippen LogP) is 2.66. The van der Waals surface area contributed by atoms with Crippen LogP contribution in [0.3, 0.4) is 0 Å². The van der Waals surface area contributed by atoms with Gasteiger partial charge in [0, 0.05) is 23.1 Å². The second-order valence-corrected chi connectivity index (χ2v) is 5.40. The minimum Gasteiger partial charge on any atom is -0.311 e. The standard InChI is InChI=1S/C10H21NS/c1-4-5-8(2)11-10-6-9(3)12-7-10/h8-11H,4-7H2,1-3H3. The third kappa shape index (κ3) is 3.36. The molecule has 1 aliphatic rings. The van der Waals surface area contributed by atoms with Crippen molar-refractivity contribution in [3.63, 3.8) is 0 Å². The van der Waals surface area contributed by atoms with Crippen LogP contribution in [-0.2, 0) is 0 Å². The van der Waals surface area contributed by atoms with Crippen LogP contribution < -0.4 is 5.32 Å². The van der Waals surface area contributed by atoms with Gasteiger partial charge in [-0.3, -0.25) is 0 Å². The lowest BCUT2D eigenvalue weighted by Crippen LogP contribution is -2.36. The lowest BCUT2D eigenvalue weighted by molar-refractivity contribution is 0.439. The number of nitrogens with one attached hydrogen (secondary N) is 1. The Bertz CT molecular complexity index is 127. The Morgan fingerprint density at radius 2 is 2.33 bits per heavy atom. The second kappa shape index (κ2) is 5.13. The van der Waals surface area contributed by atoms with Crippen LogP contribution in [0.2, 0.25) is 0 Å². The predicted molar refractivity (Wildman–Crippen MR) is 57.8 cm³/mol. The summed E-state index contributed by atoms with van der Waals surface area (Å²) in [5.74, 6) is 1.31. The van der Waals surface area contributed by atoms with E-state index in [0.717, 1.165) is 11.3 Å². The Labute approximate surface area is 80.7 Å². The lowest BCUT2D eigenvalue weighted by Gasteiger charge is -2.17. The molecule has 1 saturated heterocycles. The first-order valence-corrected chi connectivity index (χ1v) is 6.15. The van der Waals surface area contributed by atoms with Crippen molar-refractivity contribution < 1.29 is 0 Å². The molecule has 0 saturated carbocycles. The van der Waals surface area contributed by atoms with Crippen LogP contribution in [0, 0.1) is 0 Å². The van der Waals surface area contributed by atoms with Crippen LogP contribution in [0.1, 0.15) is 40.0 Å². The molecular weight excluding hydrogens is 166 g/mol. The zero-order valence-corrected chi connectivity index (χ0v) is 9.29. The molecule has 0 aromatic heterocycles. The monoisotopic (exact) mass is 187 g/mol. The van der Waals surface area contributed by atoms with E-state index in [1.165, 1.54) is 25.0 Å². The molecule has 1 aliphatic heterocycles. The van der Waals surface area contributed by atoms with Gasteiger partial charge in [-0.05, 0) is 19.8 Å². The molecule has 3 atom stereocenters. The van der Waals surface area contributed by atoms with Crippen LogP contribution in [0.15, 0.2) is 0 Å². The molecule has 0 bridgehead atoms. The molecule has 12 heavy (non-hydrogen) atoms. The van der Waals surface area contributed by atoms with Crippen LogP contribution in [0.4, 0.5) is 0 Å². The molecular formula is C10H21NS. The van der Waals surface area contributed by atoms with Gasteiger partial charge in [0.2, 0.25) is 0 Å². The highest BCUT2D eigenvalue weighted by molar-refractivity contribution is 8.00.